The molecule has 1 aliphatic rings. The van der Waals surface area contributed by atoms with Crippen molar-refractivity contribution >= 4 is 29.2 Å². The van der Waals surface area contributed by atoms with E-state index in [4.69, 9.17) is 21.6 Å². The number of anilines is 3. The molecule has 3 rings (SSSR count). The predicted octanol–water partition coefficient (Wildman–Crippen LogP) is 2.72. The summed E-state index contributed by atoms with van der Waals surface area (Å²) in [4.78, 5) is 12.3. The molecule has 1 unspecified atom stereocenters. The van der Waals surface area contributed by atoms with Gasteiger partial charge in [0, 0.05) is 41.9 Å². The summed E-state index contributed by atoms with van der Waals surface area (Å²) in [5, 5.41) is 10.5. The molecule has 0 spiro atoms. The van der Waals surface area contributed by atoms with E-state index in [0.29, 0.717) is 28.5 Å². The van der Waals surface area contributed by atoms with Crippen LogP contribution in [-0.4, -0.2) is 27.3 Å². The predicted molar refractivity (Wildman–Crippen MR) is 98.1 cm³/mol. The van der Waals surface area contributed by atoms with E-state index < -0.39 is 6.17 Å². The number of hydrogen-bond acceptors (Lipinski definition) is 8. The molecule has 26 heavy (non-hydrogen) atoms. The van der Waals surface area contributed by atoms with E-state index in [-0.39, 0.29) is 17.7 Å². The van der Waals surface area contributed by atoms with Crippen molar-refractivity contribution in [1.82, 2.24) is 15.0 Å². The molecule has 0 amide bonds. The number of alkyl halides is 1. The zero-order valence-electron chi connectivity index (χ0n) is 14.2. The number of pyridine rings is 1. The van der Waals surface area contributed by atoms with Gasteiger partial charge in [0.1, 0.15) is 23.2 Å². The monoisotopic (exact) mass is 357 g/mol. The number of aromatic nitrogens is 3. The second kappa shape index (κ2) is 7.34. The molecule has 1 fully saturated rings. The fourth-order valence-corrected chi connectivity index (χ4v) is 2.26. The zero-order valence-corrected chi connectivity index (χ0v) is 14.2. The van der Waals surface area contributed by atoms with Crippen LogP contribution in [0.3, 0.4) is 0 Å². The molecule has 1 atom stereocenters. The SMILES string of the molecule is CC(F)c1nc(N)cc(Nc2cc(OC3CC3)c(/C(C=N)=C/N)cn2)n1. The van der Waals surface area contributed by atoms with E-state index in [9.17, 15) is 4.39 Å². The number of nitrogens with two attached hydrogens (primary N) is 2. The van der Waals surface area contributed by atoms with Gasteiger partial charge >= 0.3 is 0 Å². The van der Waals surface area contributed by atoms with Gasteiger partial charge in [-0.15, -0.1) is 0 Å². The summed E-state index contributed by atoms with van der Waals surface area (Å²) in [6.07, 6.45) is 4.82. The highest BCUT2D eigenvalue weighted by atomic mass is 19.1. The summed E-state index contributed by atoms with van der Waals surface area (Å²) in [6.45, 7) is 1.34. The minimum absolute atomic E-state index is 0.00395. The first-order valence-corrected chi connectivity index (χ1v) is 8.15. The average molecular weight is 357 g/mol. The van der Waals surface area contributed by atoms with Gasteiger partial charge in [-0.05, 0) is 19.8 Å². The standard InChI is InChI=1S/C17H20FN7O/c1-9(18)17-23-14(21)5-16(25-17)24-15-4-13(26-11-2-3-11)12(8-22-15)10(6-19)7-20/h4-9,11,19H,2-3,20H2,1H3,(H3,21,22,23,24,25)/b10-7+,19-6?. The van der Waals surface area contributed by atoms with Crippen molar-refractivity contribution in [2.45, 2.75) is 32.0 Å². The van der Waals surface area contributed by atoms with Crippen LogP contribution >= 0.6 is 0 Å². The molecule has 1 saturated carbocycles. The highest BCUT2D eigenvalue weighted by molar-refractivity contribution is 6.09. The Bertz CT molecular complexity index is 849. The van der Waals surface area contributed by atoms with Crippen LogP contribution in [0.2, 0.25) is 0 Å². The number of rotatable bonds is 7. The van der Waals surface area contributed by atoms with Gasteiger partial charge < -0.3 is 26.9 Å². The van der Waals surface area contributed by atoms with Crippen molar-refractivity contribution in [2.75, 3.05) is 11.1 Å². The van der Waals surface area contributed by atoms with E-state index in [1.807, 2.05) is 0 Å². The molecule has 2 aromatic rings. The van der Waals surface area contributed by atoms with Crippen molar-refractivity contribution in [3.8, 4) is 5.75 Å². The molecule has 0 aliphatic heterocycles. The Morgan fingerprint density at radius 1 is 1.38 bits per heavy atom. The van der Waals surface area contributed by atoms with Crippen molar-refractivity contribution in [3.05, 3.63) is 35.9 Å². The lowest BCUT2D eigenvalue weighted by Crippen LogP contribution is -2.06. The number of nitrogens with zero attached hydrogens (tertiary/aromatic N) is 3. The molecule has 0 radical (unpaired) electrons. The molecule has 1 aliphatic carbocycles. The lowest BCUT2D eigenvalue weighted by molar-refractivity contribution is 0.302. The Labute approximate surface area is 150 Å². The summed E-state index contributed by atoms with van der Waals surface area (Å²) < 4.78 is 19.4. The van der Waals surface area contributed by atoms with Gasteiger partial charge in [0.2, 0.25) is 0 Å². The number of ether oxygens (including phenoxy) is 1. The fraction of sp³-hybridized carbons (Fsp3) is 0.294. The second-order valence-corrected chi connectivity index (χ2v) is 5.93. The minimum Gasteiger partial charge on any atom is -0.490 e. The molecule has 2 aromatic heterocycles. The quantitative estimate of drug-likeness (QED) is 0.559. The Kier molecular flexibility index (Phi) is 4.97. The third-order valence-electron chi connectivity index (χ3n) is 3.71. The van der Waals surface area contributed by atoms with Crippen LogP contribution < -0.4 is 21.5 Å². The van der Waals surface area contributed by atoms with Crippen LogP contribution in [0, 0.1) is 5.41 Å². The van der Waals surface area contributed by atoms with Gasteiger partial charge in [-0.3, -0.25) is 0 Å². The number of allylic oxidation sites excluding steroid dienone is 1. The largest absolute Gasteiger partial charge is 0.490 e. The summed E-state index contributed by atoms with van der Waals surface area (Å²) in [5.41, 5.74) is 12.4. The van der Waals surface area contributed by atoms with Gasteiger partial charge in [0.25, 0.3) is 0 Å². The highest BCUT2D eigenvalue weighted by Crippen LogP contribution is 2.33. The maximum Gasteiger partial charge on any atom is 0.166 e. The summed E-state index contributed by atoms with van der Waals surface area (Å²) >= 11 is 0. The van der Waals surface area contributed by atoms with Crippen molar-refractivity contribution in [3.63, 3.8) is 0 Å². The number of nitrogens with one attached hydrogen (secondary N) is 2. The van der Waals surface area contributed by atoms with Crippen LogP contribution in [0.4, 0.5) is 21.8 Å². The van der Waals surface area contributed by atoms with Gasteiger partial charge in [-0.25, -0.2) is 19.3 Å². The van der Waals surface area contributed by atoms with Gasteiger partial charge in [-0.2, -0.15) is 0 Å². The van der Waals surface area contributed by atoms with Crippen LogP contribution in [-0.2, 0) is 0 Å². The van der Waals surface area contributed by atoms with Crippen molar-refractivity contribution in [2.24, 2.45) is 5.73 Å². The average Bonchev–Trinajstić information content (AvgIpc) is 3.41. The normalized spacial score (nSPS) is 15.4. The second-order valence-electron chi connectivity index (χ2n) is 5.93. The minimum atomic E-state index is -1.34. The van der Waals surface area contributed by atoms with E-state index >= 15 is 0 Å². The molecule has 9 heteroatoms. The first kappa shape index (κ1) is 17.6. The molecule has 6 N–H and O–H groups in total. The van der Waals surface area contributed by atoms with E-state index in [2.05, 4.69) is 20.3 Å². The van der Waals surface area contributed by atoms with Crippen molar-refractivity contribution < 1.29 is 9.13 Å². The first-order valence-electron chi connectivity index (χ1n) is 8.15. The third kappa shape index (κ3) is 4.05. The topological polar surface area (TPSA) is 136 Å². The lowest BCUT2D eigenvalue weighted by Gasteiger charge is -2.14. The Morgan fingerprint density at radius 2 is 2.15 bits per heavy atom. The maximum absolute atomic E-state index is 13.5. The van der Waals surface area contributed by atoms with Gasteiger partial charge in [-0.1, -0.05) is 0 Å². The molecular formula is C17H20FN7O. The summed E-state index contributed by atoms with van der Waals surface area (Å²) in [6, 6.07) is 3.18. The Morgan fingerprint density at radius 3 is 2.77 bits per heavy atom. The highest BCUT2D eigenvalue weighted by Gasteiger charge is 2.25. The van der Waals surface area contributed by atoms with Crippen LogP contribution in [0.1, 0.15) is 37.3 Å². The Hall–Kier alpha value is -3.23. The number of hydrogen-bond donors (Lipinski definition) is 4. The van der Waals surface area contributed by atoms with Crippen LogP contribution in [0.5, 0.6) is 5.75 Å². The first-order chi connectivity index (χ1) is 12.5. The number of nitrogen functional groups attached to an aromatic ring is 1. The molecule has 0 bridgehead atoms. The smallest absolute Gasteiger partial charge is 0.166 e. The van der Waals surface area contributed by atoms with Crippen LogP contribution in [0.25, 0.3) is 5.57 Å². The molecule has 0 aromatic carbocycles. The molecule has 0 saturated heterocycles. The van der Waals surface area contributed by atoms with Crippen molar-refractivity contribution in [1.29, 1.82) is 5.41 Å². The van der Waals surface area contributed by atoms with Crippen LogP contribution in [0.15, 0.2) is 24.5 Å². The summed E-state index contributed by atoms with van der Waals surface area (Å²) in [7, 11) is 0. The number of halogens is 1. The maximum atomic E-state index is 13.5. The molecule has 8 nitrogen and oxygen atoms in total. The lowest BCUT2D eigenvalue weighted by atomic mass is 10.1. The van der Waals surface area contributed by atoms with Gasteiger partial charge in [0.05, 0.1) is 6.10 Å². The van der Waals surface area contributed by atoms with E-state index in [1.165, 1.54) is 19.2 Å². The zero-order chi connectivity index (χ0) is 18.7. The van der Waals surface area contributed by atoms with E-state index in [0.717, 1.165) is 19.1 Å². The fourth-order valence-electron chi connectivity index (χ4n) is 2.26. The van der Waals surface area contributed by atoms with E-state index in [1.54, 1.807) is 12.3 Å². The summed E-state index contributed by atoms with van der Waals surface area (Å²) in [5.74, 6) is 1.49. The molecular weight excluding hydrogens is 337 g/mol. The third-order valence-corrected chi connectivity index (χ3v) is 3.71. The Balaban J connectivity index is 1.92. The molecule has 2 heterocycles. The molecule has 136 valence electrons. The van der Waals surface area contributed by atoms with Gasteiger partial charge in [0.15, 0.2) is 12.0 Å².